The molecule has 0 aromatic heterocycles. The molecule has 0 saturated carbocycles. The molecule has 2 rings (SSSR count). The maximum absolute atomic E-state index is 12.9. The molecule has 1 amide bonds. The van der Waals surface area contributed by atoms with E-state index >= 15 is 0 Å². The van der Waals surface area contributed by atoms with Gasteiger partial charge in [-0.05, 0) is 24.0 Å². The van der Waals surface area contributed by atoms with Crippen LogP contribution in [0.4, 0.5) is 0 Å². The van der Waals surface area contributed by atoms with E-state index in [9.17, 15) is 9.59 Å². The molecule has 0 heterocycles. The van der Waals surface area contributed by atoms with Crippen molar-refractivity contribution in [3.63, 3.8) is 0 Å². The first-order chi connectivity index (χ1) is 14.2. The minimum Gasteiger partial charge on any atom is -0.481 e. The topological polar surface area (TPSA) is 66.4 Å². The number of carbonyl (C=O) groups is 2. The SMILES string of the molecule is O=C(O)CCCCCCCCCCNC(=O)C(c1ccccc1)c1ccccc1. The van der Waals surface area contributed by atoms with Gasteiger partial charge in [-0.15, -0.1) is 0 Å². The number of carbonyl (C=O) groups excluding carboxylic acids is 1. The van der Waals surface area contributed by atoms with Gasteiger partial charge in [0.25, 0.3) is 0 Å². The van der Waals surface area contributed by atoms with E-state index in [-0.39, 0.29) is 18.2 Å². The maximum Gasteiger partial charge on any atom is 0.303 e. The van der Waals surface area contributed by atoms with Crippen LogP contribution in [0.25, 0.3) is 0 Å². The quantitative estimate of drug-likeness (QED) is 0.413. The van der Waals surface area contributed by atoms with Gasteiger partial charge < -0.3 is 10.4 Å². The van der Waals surface area contributed by atoms with Crippen molar-refractivity contribution in [2.24, 2.45) is 0 Å². The van der Waals surface area contributed by atoms with E-state index in [0.29, 0.717) is 6.54 Å². The van der Waals surface area contributed by atoms with Gasteiger partial charge in [-0.25, -0.2) is 0 Å². The van der Waals surface area contributed by atoms with Crippen molar-refractivity contribution in [2.75, 3.05) is 6.54 Å². The Morgan fingerprint density at radius 1 is 0.690 bits per heavy atom. The fourth-order valence-corrected chi connectivity index (χ4v) is 3.56. The summed E-state index contributed by atoms with van der Waals surface area (Å²) in [5, 5.41) is 11.7. The van der Waals surface area contributed by atoms with Gasteiger partial charge in [-0.3, -0.25) is 9.59 Å². The molecule has 0 atom stereocenters. The van der Waals surface area contributed by atoms with Crippen molar-refractivity contribution < 1.29 is 14.7 Å². The van der Waals surface area contributed by atoms with E-state index in [1.807, 2.05) is 60.7 Å². The summed E-state index contributed by atoms with van der Waals surface area (Å²) in [6, 6.07) is 19.9. The zero-order valence-corrected chi connectivity index (χ0v) is 17.2. The molecule has 0 spiro atoms. The lowest BCUT2D eigenvalue weighted by molar-refractivity contribution is -0.137. The molecular formula is C25H33NO3. The van der Waals surface area contributed by atoms with Crippen LogP contribution in [0, 0.1) is 0 Å². The van der Waals surface area contributed by atoms with E-state index in [2.05, 4.69) is 5.32 Å². The van der Waals surface area contributed by atoms with E-state index in [0.717, 1.165) is 56.1 Å². The highest BCUT2D eigenvalue weighted by atomic mass is 16.4. The first kappa shape index (κ1) is 22.7. The third-order valence-corrected chi connectivity index (χ3v) is 5.14. The van der Waals surface area contributed by atoms with Gasteiger partial charge in [0.1, 0.15) is 0 Å². The molecule has 0 radical (unpaired) electrons. The summed E-state index contributed by atoms with van der Waals surface area (Å²) in [6.45, 7) is 0.702. The first-order valence-corrected chi connectivity index (χ1v) is 10.8. The largest absolute Gasteiger partial charge is 0.481 e. The van der Waals surface area contributed by atoms with E-state index < -0.39 is 5.97 Å². The van der Waals surface area contributed by atoms with Crippen LogP contribution in [0.5, 0.6) is 0 Å². The van der Waals surface area contributed by atoms with Gasteiger partial charge in [-0.2, -0.15) is 0 Å². The molecule has 2 aromatic carbocycles. The van der Waals surface area contributed by atoms with Crippen molar-refractivity contribution in [1.29, 1.82) is 0 Å². The van der Waals surface area contributed by atoms with Crippen LogP contribution in [0.1, 0.15) is 74.8 Å². The fourth-order valence-electron chi connectivity index (χ4n) is 3.56. The van der Waals surface area contributed by atoms with Crippen LogP contribution < -0.4 is 5.32 Å². The van der Waals surface area contributed by atoms with Crippen LogP contribution in [-0.2, 0) is 9.59 Å². The Kier molecular flexibility index (Phi) is 10.6. The minimum atomic E-state index is -0.700. The molecule has 4 nitrogen and oxygen atoms in total. The van der Waals surface area contributed by atoms with Gasteiger partial charge >= 0.3 is 5.97 Å². The lowest BCUT2D eigenvalue weighted by Gasteiger charge is -2.18. The van der Waals surface area contributed by atoms with Crippen LogP contribution in [0.3, 0.4) is 0 Å². The summed E-state index contributed by atoms with van der Waals surface area (Å²) in [4.78, 5) is 23.3. The number of aliphatic carboxylic acids is 1. The minimum absolute atomic E-state index is 0.0563. The average Bonchev–Trinajstić information content (AvgIpc) is 2.73. The van der Waals surface area contributed by atoms with Crippen molar-refractivity contribution in [1.82, 2.24) is 5.32 Å². The van der Waals surface area contributed by atoms with Crippen LogP contribution in [0.2, 0.25) is 0 Å². The van der Waals surface area contributed by atoms with Crippen molar-refractivity contribution in [3.05, 3.63) is 71.8 Å². The molecule has 29 heavy (non-hydrogen) atoms. The molecule has 0 aliphatic carbocycles. The smallest absolute Gasteiger partial charge is 0.303 e. The predicted octanol–water partition coefficient (Wildman–Crippen LogP) is 5.53. The second-order valence-corrected chi connectivity index (χ2v) is 7.52. The van der Waals surface area contributed by atoms with E-state index in [1.54, 1.807) is 0 Å². The Labute approximate surface area is 174 Å². The molecule has 2 aromatic rings. The summed E-state index contributed by atoms with van der Waals surface area (Å²) < 4.78 is 0. The number of carboxylic acids is 1. The van der Waals surface area contributed by atoms with Gasteiger partial charge in [-0.1, -0.05) is 99.2 Å². The Balaban J connectivity index is 1.66. The normalized spacial score (nSPS) is 10.8. The van der Waals surface area contributed by atoms with Crippen LogP contribution in [-0.4, -0.2) is 23.5 Å². The summed E-state index contributed by atoms with van der Waals surface area (Å²) in [5.41, 5.74) is 2.03. The standard InChI is InChI=1S/C25H33NO3/c27-23(28)19-13-5-3-1-2-4-6-14-20-26-25(29)24(21-15-9-7-10-16-21)22-17-11-8-12-18-22/h7-12,15-18,24H,1-6,13-14,19-20H2,(H,26,29)(H,27,28). The third kappa shape index (κ3) is 8.95. The summed E-state index contributed by atoms with van der Waals surface area (Å²) >= 11 is 0. The van der Waals surface area contributed by atoms with Gasteiger partial charge in [0.15, 0.2) is 0 Å². The van der Waals surface area contributed by atoms with Crippen molar-refractivity contribution >= 4 is 11.9 Å². The molecule has 4 heteroatoms. The molecule has 0 aliphatic rings. The Morgan fingerprint density at radius 3 is 1.62 bits per heavy atom. The maximum atomic E-state index is 12.9. The van der Waals surface area contributed by atoms with E-state index in [1.165, 1.54) is 6.42 Å². The number of benzene rings is 2. The highest BCUT2D eigenvalue weighted by Crippen LogP contribution is 2.24. The molecule has 0 fully saturated rings. The van der Waals surface area contributed by atoms with Crippen molar-refractivity contribution in [3.8, 4) is 0 Å². The zero-order valence-electron chi connectivity index (χ0n) is 17.2. The molecule has 0 unspecified atom stereocenters. The monoisotopic (exact) mass is 395 g/mol. The van der Waals surface area contributed by atoms with Gasteiger partial charge in [0.05, 0.1) is 5.92 Å². The van der Waals surface area contributed by atoms with E-state index in [4.69, 9.17) is 5.11 Å². The average molecular weight is 396 g/mol. The third-order valence-electron chi connectivity index (χ3n) is 5.14. The Morgan fingerprint density at radius 2 is 1.14 bits per heavy atom. The molecule has 0 bridgehead atoms. The number of rotatable bonds is 14. The number of unbranched alkanes of at least 4 members (excludes halogenated alkanes) is 7. The summed E-state index contributed by atoms with van der Waals surface area (Å²) in [7, 11) is 0. The number of carboxylic acid groups (broad SMARTS) is 1. The van der Waals surface area contributed by atoms with Gasteiger partial charge in [0.2, 0.25) is 5.91 Å². The first-order valence-electron chi connectivity index (χ1n) is 10.8. The van der Waals surface area contributed by atoms with Crippen LogP contribution >= 0.6 is 0 Å². The second-order valence-electron chi connectivity index (χ2n) is 7.52. The van der Waals surface area contributed by atoms with Gasteiger partial charge in [0, 0.05) is 13.0 Å². The van der Waals surface area contributed by atoms with Crippen molar-refractivity contribution in [2.45, 2.75) is 63.7 Å². The molecular weight excluding hydrogens is 362 g/mol. The number of hydrogen-bond acceptors (Lipinski definition) is 2. The Bertz CT molecular complexity index is 676. The lowest BCUT2D eigenvalue weighted by atomic mass is 9.90. The molecule has 2 N–H and O–H groups in total. The molecule has 0 saturated heterocycles. The number of hydrogen-bond donors (Lipinski definition) is 2. The summed E-state index contributed by atoms with van der Waals surface area (Å²) in [5.74, 6) is -0.919. The lowest BCUT2D eigenvalue weighted by Crippen LogP contribution is -2.30. The predicted molar refractivity (Wildman–Crippen MR) is 117 cm³/mol. The highest BCUT2D eigenvalue weighted by Gasteiger charge is 2.21. The Hall–Kier alpha value is -2.62. The van der Waals surface area contributed by atoms with Crippen LogP contribution in [0.15, 0.2) is 60.7 Å². The number of amides is 1. The molecule has 0 aliphatic heterocycles. The number of nitrogens with one attached hydrogen (secondary N) is 1. The fraction of sp³-hybridized carbons (Fsp3) is 0.440. The zero-order chi connectivity index (χ0) is 20.7. The highest BCUT2D eigenvalue weighted by molar-refractivity contribution is 5.87. The second kappa shape index (κ2) is 13.5. The molecule has 156 valence electrons. The summed E-state index contributed by atoms with van der Waals surface area (Å²) in [6.07, 6.45) is 8.78.